The minimum Gasteiger partial charge on any atom is 2.00 e. The number of carboxylic acid groups (broad SMARTS) is 2. The smallest absolute Gasteiger partial charge is 2.00 e. The van der Waals surface area contributed by atoms with Gasteiger partial charge in [0, 0.05) is 25.2 Å². The first kappa shape index (κ1) is 65.7. The van der Waals surface area contributed by atoms with Gasteiger partial charge in [-0.25, -0.2) is 9.97 Å². The van der Waals surface area contributed by atoms with E-state index in [1.54, 1.807) is 26.5 Å². The van der Waals surface area contributed by atoms with Gasteiger partial charge >= 0.3 is 161 Å². The number of nitrogens with zero attached hydrogens (tertiary/aromatic N) is 2. The number of aromatic nitrogens is 4. The van der Waals surface area contributed by atoms with Crippen LogP contribution in [0.25, 0.3) is 0 Å². The number of amides is 5. The Labute approximate surface area is 449 Å². The molecule has 74 heavy (non-hydrogen) atoms. The van der Waals surface area contributed by atoms with Crippen LogP contribution in [-0.4, -0.2) is 143 Å². The monoisotopic (exact) mass is 1130 g/mol. The minimum absolute atomic E-state index is 0. The molecule has 26 heteroatoms. The van der Waals surface area contributed by atoms with E-state index in [2.05, 4.69) is 57.2 Å². The molecule has 0 aliphatic heterocycles. The van der Waals surface area contributed by atoms with E-state index in [9.17, 15) is 48.6 Å². The van der Waals surface area contributed by atoms with Crippen LogP contribution in [-0.2, 0) is 97.1 Å². The predicted molar refractivity (Wildman–Crippen MR) is 261 cm³/mol. The number of likely N-dealkylation sites (N-methyl/N-ethyl adjacent to an activating group) is 2. The summed E-state index contributed by atoms with van der Waals surface area (Å²) in [4.78, 5) is 108. The van der Waals surface area contributed by atoms with Gasteiger partial charge in [0.05, 0.1) is 61.2 Å². The Balaban J connectivity index is 0.000000552. The molecule has 0 aliphatic carbocycles. The van der Waals surface area contributed by atoms with Crippen molar-refractivity contribution in [2.75, 3.05) is 40.3 Å². The van der Waals surface area contributed by atoms with Crippen LogP contribution in [0.5, 0.6) is 0 Å². The number of carboxylic acids is 2. The summed E-state index contributed by atoms with van der Waals surface area (Å²) in [7, 11) is 3.21. The number of imidazole rings is 2. The van der Waals surface area contributed by atoms with Crippen LogP contribution in [0.15, 0.2) is 85.7 Å². The van der Waals surface area contributed by atoms with Gasteiger partial charge in [-0.2, -0.15) is 0 Å². The van der Waals surface area contributed by atoms with E-state index >= 15 is 0 Å². The second kappa shape index (κ2) is 38.3. The number of rotatable bonds is 31. The largest absolute Gasteiger partial charge is 2.00 e. The fraction of sp³-hybridized carbons (Fsp3) is 0.458. The van der Waals surface area contributed by atoms with E-state index < -0.39 is 64.7 Å². The molecule has 4 rings (SSSR count). The average molecular weight is 1130 g/mol. The Morgan fingerprint density at radius 1 is 0.554 bits per heavy atom. The fourth-order valence-electron chi connectivity index (χ4n) is 6.75. The van der Waals surface area contributed by atoms with Crippen molar-refractivity contribution in [3.05, 3.63) is 108 Å². The van der Waals surface area contributed by atoms with Gasteiger partial charge in [-0.3, -0.25) is 19.2 Å². The predicted octanol–water partition coefficient (Wildman–Crippen LogP) is -4.61. The van der Waals surface area contributed by atoms with Crippen molar-refractivity contribution in [3.63, 3.8) is 0 Å². The Morgan fingerprint density at radius 3 is 1.28 bits per heavy atom. The van der Waals surface area contributed by atoms with Gasteiger partial charge in [0.15, 0.2) is 0 Å². The molecule has 15 N–H and O–H groups in total. The van der Waals surface area contributed by atoms with Gasteiger partial charge < -0.3 is 73.1 Å². The molecular weight excluding hydrogens is 1060 g/mol. The summed E-state index contributed by atoms with van der Waals surface area (Å²) in [5.41, 5.74) is 19.7. The maximum atomic E-state index is 12.5. The Morgan fingerprint density at radius 2 is 0.946 bits per heavy atom. The van der Waals surface area contributed by atoms with Gasteiger partial charge in [-0.05, 0) is 65.7 Å². The molecule has 6 atom stereocenters. The third-order valence-electron chi connectivity index (χ3n) is 10.5. The van der Waals surface area contributed by atoms with Crippen molar-refractivity contribution in [1.29, 1.82) is 0 Å². The summed E-state index contributed by atoms with van der Waals surface area (Å²) >= 11 is 4.90. The summed E-state index contributed by atoms with van der Waals surface area (Å²) in [6.45, 7) is 0.945. The zero-order valence-electron chi connectivity index (χ0n) is 41.3. The van der Waals surface area contributed by atoms with Crippen molar-refractivity contribution < 1.29 is 81.7 Å². The number of aromatic amines is 2. The summed E-state index contributed by atoms with van der Waals surface area (Å²) in [5, 5.41) is 40.4. The summed E-state index contributed by atoms with van der Waals surface area (Å²) in [6, 6.07) is 13.3. The zero-order chi connectivity index (χ0) is 54.0. The number of carbonyl (C=O) groups excluding carboxylic acids is 8. The van der Waals surface area contributed by atoms with Gasteiger partial charge in [0.25, 0.3) is 0 Å². The number of benzene rings is 2. The maximum Gasteiger partial charge on any atom is 2.00 e. The van der Waals surface area contributed by atoms with Gasteiger partial charge in [0.2, 0.25) is 23.6 Å². The topological polar surface area (TPSA) is 402 Å². The van der Waals surface area contributed by atoms with Crippen molar-refractivity contribution in [3.8, 4) is 0 Å². The van der Waals surface area contributed by atoms with Crippen LogP contribution in [0, 0.1) is 0 Å². The SMILES string of the molecule is CNCC(=O)N[C@@H](Cc1c[nH]cn1)C(=O)N[C@@H](CCCCN)C(=O)[O-].CNCC(=O)N[C@@H](Cc1c[nH]cn1)C(=O)N[C@@H](CCCCN)C(=O)[O-].N[C@@H](Cc1ccccc1)C(=O)N[C@@H](Cc1ccccc1)[C](=O)[Cu].[Cu+2]. The van der Waals surface area contributed by atoms with Crippen LogP contribution >= 0.6 is 0 Å². The molecule has 0 fully saturated rings. The van der Waals surface area contributed by atoms with Crippen molar-refractivity contribution in [2.45, 2.75) is 100 Å². The first-order valence-electron chi connectivity index (χ1n) is 23.6. The molecule has 0 unspecified atom stereocenters. The molecule has 0 spiro atoms. The number of nitrogens with two attached hydrogens (primary N) is 3. The van der Waals surface area contributed by atoms with Crippen molar-refractivity contribution in [1.82, 2.24) is 57.2 Å². The second-order valence-electron chi connectivity index (χ2n) is 16.5. The number of hydrogen-bond acceptors (Lipinski definition) is 17. The Bertz CT molecular complexity index is 2150. The van der Waals surface area contributed by atoms with E-state index in [0.29, 0.717) is 63.0 Å². The summed E-state index contributed by atoms with van der Waals surface area (Å²) in [5.74, 6) is -5.08. The number of hydrogen-bond donors (Lipinski definition) is 12. The first-order valence-corrected chi connectivity index (χ1v) is 24.0. The third kappa shape index (κ3) is 27.6. The van der Waals surface area contributed by atoms with Crippen LogP contribution in [0.3, 0.4) is 0 Å². The first-order chi connectivity index (χ1) is 35.0. The van der Waals surface area contributed by atoms with Crippen LogP contribution in [0.1, 0.15) is 61.0 Å². The molecule has 2 aromatic heterocycles. The van der Waals surface area contributed by atoms with E-state index in [-0.39, 0.29) is 73.6 Å². The molecule has 0 bridgehead atoms. The van der Waals surface area contributed by atoms with Crippen molar-refractivity contribution in [2.24, 2.45) is 17.2 Å². The molecule has 5 amide bonds. The average Bonchev–Trinajstić information content (AvgIpc) is 4.09. The van der Waals surface area contributed by atoms with E-state index in [1.165, 1.54) is 12.7 Å². The zero-order valence-corrected chi connectivity index (χ0v) is 43.1. The number of carbonyl (C=O) groups is 8. The third-order valence-corrected chi connectivity index (χ3v) is 10.8. The normalized spacial score (nSPS) is 12.9. The summed E-state index contributed by atoms with van der Waals surface area (Å²) in [6.07, 6.45) is 9.96. The molecule has 0 saturated heterocycles. The molecule has 24 nitrogen and oxygen atoms in total. The van der Waals surface area contributed by atoms with E-state index in [0.717, 1.165) is 11.1 Å². The molecule has 1 radical (unpaired) electrons. The van der Waals surface area contributed by atoms with E-state index in [1.807, 2.05) is 60.7 Å². The molecular formula is C48H69Cu2N14O10. The summed E-state index contributed by atoms with van der Waals surface area (Å²) < 4.78 is -0.512. The van der Waals surface area contributed by atoms with Gasteiger partial charge in [-0.1, -0.05) is 0 Å². The standard InChI is InChI=1S/C18H19N2O2.2C15H26N6O4.2Cu/c19-17(12-15-9-5-2-6-10-15)18(22)20-16(13-21)11-14-7-3-1-4-8-14;2*1-17-8-13(22)20-12(6-10-7-18-9-19-10)14(23)21-11(15(24)25)4-2-3-5-16;;/h1-10,16-17H,11-12,19H2,(H,20,22);2*7,9,11-12,17H,2-6,8,16H2,1H3,(H,18,19)(H,20,22)(H,21,23)(H,24,25);;/q;;;;+2/p-2/t16-,17-;2*11-,12-;;/m000../s1. The Hall–Kier alpha value is -6.34. The molecule has 2 aromatic carbocycles. The quantitative estimate of drug-likeness (QED) is 0.0167. The maximum absolute atomic E-state index is 12.5. The number of nitrogens with one attached hydrogen (secondary N) is 9. The van der Waals surface area contributed by atoms with Crippen LogP contribution < -0.4 is 64.6 Å². The van der Waals surface area contributed by atoms with Crippen LogP contribution in [0.4, 0.5) is 0 Å². The molecule has 2 heterocycles. The number of aliphatic carboxylic acids is 2. The van der Waals surface area contributed by atoms with E-state index in [4.69, 9.17) is 33.2 Å². The molecule has 4 aromatic rings. The fourth-order valence-corrected chi connectivity index (χ4v) is 6.91. The van der Waals surface area contributed by atoms with Gasteiger partial charge in [-0.15, -0.1) is 0 Å². The minimum atomic E-state index is -1.37. The number of unbranched alkanes of at least 4 members (excludes halogenated alkanes) is 2. The van der Waals surface area contributed by atoms with Crippen LogP contribution in [0.2, 0.25) is 0 Å². The molecule has 0 aliphatic rings. The van der Waals surface area contributed by atoms with Gasteiger partial charge in [0.1, 0.15) is 12.1 Å². The number of H-pyrrole nitrogens is 2. The second-order valence-corrected chi connectivity index (χ2v) is 16.9. The molecule has 0 saturated carbocycles. The van der Waals surface area contributed by atoms with Crippen molar-refractivity contribution >= 4 is 46.2 Å². The molecule has 413 valence electrons. The Kier molecular flexibility index (Phi) is 34.0.